The summed E-state index contributed by atoms with van der Waals surface area (Å²) in [5.41, 5.74) is 3.88. The molecule has 2 saturated heterocycles. The molecule has 0 saturated carbocycles. The Hall–Kier alpha value is -3.57. The van der Waals surface area contributed by atoms with Crippen LogP contribution in [0.25, 0.3) is 0 Å². The van der Waals surface area contributed by atoms with E-state index in [1.54, 1.807) is 12.4 Å². The number of piperazine rings is 1. The highest BCUT2D eigenvalue weighted by Crippen LogP contribution is 2.42. The van der Waals surface area contributed by atoms with Gasteiger partial charge in [0.2, 0.25) is 5.95 Å². The van der Waals surface area contributed by atoms with E-state index < -0.39 is 6.29 Å². The molecule has 218 valence electrons. The topological polar surface area (TPSA) is 112 Å². The third kappa shape index (κ3) is 7.39. The van der Waals surface area contributed by atoms with Crippen LogP contribution < -0.4 is 15.5 Å². The third-order valence-electron chi connectivity index (χ3n) is 7.81. The molecular weight excluding hydrogens is 520 g/mol. The number of aromatic nitrogens is 2. The highest BCUT2D eigenvalue weighted by atomic mass is 16.7. The summed E-state index contributed by atoms with van der Waals surface area (Å²) in [6.45, 7) is 9.45. The Morgan fingerprint density at radius 2 is 1.59 bits per heavy atom. The van der Waals surface area contributed by atoms with Crippen molar-refractivity contribution >= 4 is 12.0 Å². The number of hydrogen-bond acceptors (Lipinski definition) is 8. The number of hydrogen-bond donors (Lipinski definition) is 3. The van der Waals surface area contributed by atoms with E-state index in [1.807, 2.05) is 61.5 Å². The van der Waals surface area contributed by atoms with Crippen LogP contribution in [0.15, 0.2) is 67.0 Å². The first-order chi connectivity index (χ1) is 20.0. The highest BCUT2D eigenvalue weighted by molar-refractivity contribution is 5.73. The molecule has 2 aliphatic heterocycles. The number of anilines is 1. The molecule has 3 N–H and O–H groups in total. The zero-order valence-corrected chi connectivity index (χ0v) is 23.8. The summed E-state index contributed by atoms with van der Waals surface area (Å²) in [6, 6.07) is 17.7. The predicted octanol–water partition coefficient (Wildman–Crippen LogP) is 3.40. The van der Waals surface area contributed by atoms with Crippen molar-refractivity contribution in [3.63, 3.8) is 0 Å². The largest absolute Gasteiger partial charge is 0.392 e. The maximum atomic E-state index is 11.8. The third-order valence-corrected chi connectivity index (χ3v) is 7.81. The molecule has 1 aromatic heterocycles. The van der Waals surface area contributed by atoms with Crippen molar-refractivity contribution in [1.82, 2.24) is 25.5 Å². The van der Waals surface area contributed by atoms with E-state index in [4.69, 9.17) is 9.47 Å². The van der Waals surface area contributed by atoms with Crippen molar-refractivity contribution in [1.29, 1.82) is 0 Å². The molecule has 4 atom stereocenters. The van der Waals surface area contributed by atoms with Gasteiger partial charge in [-0.25, -0.2) is 14.8 Å². The zero-order valence-electron chi connectivity index (χ0n) is 23.8. The van der Waals surface area contributed by atoms with Crippen LogP contribution in [0.5, 0.6) is 0 Å². The van der Waals surface area contributed by atoms with Crippen LogP contribution in [0.3, 0.4) is 0 Å². The molecular formula is C31H40N6O4. The molecule has 2 fully saturated rings. The maximum Gasteiger partial charge on any atom is 0.315 e. The number of carbonyl (C=O) groups is 1. The van der Waals surface area contributed by atoms with Gasteiger partial charge in [-0.05, 0) is 29.7 Å². The Bertz CT molecular complexity index is 1240. The van der Waals surface area contributed by atoms with E-state index in [0.29, 0.717) is 13.1 Å². The first kappa shape index (κ1) is 28.9. The van der Waals surface area contributed by atoms with Gasteiger partial charge in [0.1, 0.15) is 0 Å². The fourth-order valence-corrected chi connectivity index (χ4v) is 5.37. The number of urea groups is 1. The van der Waals surface area contributed by atoms with Crippen LogP contribution in [-0.4, -0.2) is 71.4 Å². The summed E-state index contributed by atoms with van der Waals surface area (Å²) in [4.78, 5) is 25.3. The molecule has 41 heavy (non-hydrogen) atoms. The summed E-state index contributed by atoms with van der Waals surface area (Å²) < 4.78 is 13.2. The van der Waals surface area contributed by atoms with Crippen molar-refractivity contribution in [2.24, 2.45) is 5.92 Å². The molecule has 3 aromatic rings. The number of rotatable bonds is 9. The molecule has 10 nitrogen and oxygen atoms in total. The number of aliphatic hydroxyl groups excluding tert-OH is 1. The fraction of sp³-hybridized carbons (Fsp3) is 0.452. The van der Waals surface area contributed by atoms with Gasteiger partial charge in [-0.2, -0.15) is 0 Å². The average Bonchev–Trinajstić information content (AvgIpc) is 3.02. The van der Waals surface area contributed by atoms with Gasteiger partial charge in [-0.15, -0.1) is 0 Å². The van der Waals surface area contributed by atoms with Gasteiger partial charge in [-0.3, -0.25) is 4.90 Å². The van der Waals surface area contributed by atoms with Crippen LogP contribution in [0, 0.1) is 5.92 Å². The number of carbonyl (C=O) groups excluding carboxylic acids is 1. The predicted molar refractivity (Wildman–Crippen MR) is 156 cm³/mol. The van der Waals surface area contributed by atoms with Crippen molar-refractivity contribution in [2.45, 2.75) is 45.5 Å². The highest BCUT2D eigenvalue weighted by Gasteiger charge is 2.39. The Labute approximate surface area is 241 Å². The SMILES string of the molecule is CCNC(=O)NCc1ccc(C2OC(CN3CCN(c4ncccn4)CC3)C(C)C(c3ccc(CO)cc3)O2)cc1. The fourth-order valence-electron chi connectivity index (χ4n) is 5.37. The van der Waals surface area contributed by atoms with Gasteiger partial charge in [0.15, 0.2) is 6.29 Å². The van der Waals surface area contributed by atoms with Gasteiger partial charge in [-0.1, -0.05) is 55.5 Å². The quantitative estimate of drug-likeness (QED) is 0.365. The molecule has 0 radical (unpaired) electrons. The standard InChI is InChI=1S/C31H40N6O4/c1-3-32-31(39)35-19-23-5-11-26(12-6-23)29-40-27(22(2)28(41-29)25-9-7-24(21-38)8-10-25)20-36-15-17-37(18-16-36)30-33-13-4-14-34-30/h4-14,22,27-29,38H,3,15-21H2,1-2H3,(H2,32,35,39). The normalized spacial score (nSPS) is 23.2. The van der Waals surface area contributed by atoms with E-state index in [9.17, 15) is 9.90 Å². The lowest BCUT2D eigenvalue weighted by Crippen LogP contribution is -2.51. The molecule has 3 heterocycles. The number of nitrogens with one attached hydrogen (secondary N) is 2. The smallest absolute Gasteiger partial charge is 0.315 e. The van der Waals surface area contributed by atoms with Gasteiger partial charge in [0.05, 0.1) is 18.8 Å². The Balaban J connectivity index is 1.28. The lowest BCUT2D eigenvalue weighted by Gasteiger charge is -2.44. The van der Waals surface area contributed by atoms with E-state index >= 15 is 0 Å². The number of ether oxygens (including phenoxy) is 2. The minimum Gasteiger partial charge on any atom is -0.392 e. The summed E-state index contributed by atoms with van der Waals surface area (Å²) in [5, 5.41) is 15.1. The van der Waals surface area contributed by atoms with Crippen molar-refractivity contribution in [3.8, 4) is 0 Å². The lowest BCUT2D eigenvalue weighted by atomic mass is 9.90. The second-order valence-electron chi connectivity index (χ2n) is 10.6. The second-order valence-corrected chi connectivity index (χ2v) is 10.6. The molecule has 5 rings (SSSR count). The second kappa shape index (κ2) is 13.9. The van der Waals surface area contributed by atoms with Crippen LogP contribution in [0.4, 0.5) is 10.7 Å². The molecule has 2 aromatic carbocycles. The van der Waals surface area contributed by atoms with Crippen LogP contribution >= 0.6 is 0 Å². The summed E-state index contributed by atoms with van der Waals surface area (Å²) in [6.07, 6.45) is 2.83. The number of nitrogens with zero attached hydrogens (tertiary/aromatic N) is 4. The summed E-state index contributed by atoms with van der Waals surface area (Å²) >= 11 is 0. The molecule has 2 aliphatic rings. The van der Waals surface area contributed by atoms with Gasteiger partial charge in [0, 0.05) is 69.7 Å². The summed E-state index contributed by atoms with van der Waals surface area (Å²) in [5.74, 6) is 0.890. The molecule has 2 amide bonds. The molecule has 4 unspecified atom stereocenters. The molecule has 10 heteroatoms. The van der Waals surface area contributed by atoms with Crippen LogP contribution in [-0.2, 0) is 22.6 Å². The molecule has 0 bridgehead atoms. The Morgan fingerprint density at radius 3 is 2.24 bits per heavy atom. The molecule has 0 aliphatic carbocycles. The number of aliphatic hydroxyl groups is 1. The van der Waals surface area contributed by atoms with E-state index in [-0.39, 0.29) is 30.8 Å². The van der Waals surface area contributed by atoms with E-state index in [2.05, 4.69) is 37.3 Å². The van der Waals surface area contributed by atoms with Crippen LogP contribution in [0.1, 0.15) is 48.5 Å². The van der Waals surface area contributed by atoms with E-state index in [0.717, 1.165) is 60.9 Å². The zero-order chi connectivity index (χ0) is 28.6. The van der Waals surface area contributed by atoms with E-state index in [1.165, 1.54) is 0 Å². The lowest BCUT2D eigenvalue weighted by molar-refractivity contribution is -0.276. The van der Waals surface area contributed by atoms with Crippen molar-refractivity contribution in [2.75, 3.05) is 44.2 Å². The number of amides is 2. The minimum absolute atomic E-state index is 0.0109. The van der Waals surface area contributed by atoms with Gasteiger partial charge >= 0.3 is 6.03 Å². The first-order valence-electron chi connectivity index (χ1n) is 14.4. The minimum atomic E-state index is -0.525. The summed E-state index contributed by atoms with van der Waals surface area (Å²) in [7, 11) is 0. The molecule has 0 spiro atoms. The maximum absolute atomic E-state index is 11.8. The van der Waals surface area contributed by atoms with Crippen LogP contribution in [0.2, 0.25) is 0 Å². The van der Waals surface area contributed by atoms with Gasteiger partial charge in [0.25, 0.3) is 0 Å². The number of benzene rings is 2. The van der Waals surface area contributed by atoms with Crippen molar-refractivity contribution in [3.05, 3.63) is 89.2 Å². The monoisotopic (exact) mass is 560 g/mol. The average molecular weight is 561 g/mol. The van der Waals surface area contributed by atoms with Crippen molar-refractivity contribution < 1.29 is 19.4 Å². The Morgan fingerprint density at radius 1 is 0.927 bits per heavy atom. The first-order valence-corrected chi connectivity index (χ1v) is 14.4. The Kier molecular flexibility index (Phi) is 9.79. The van der Waals surface area contributed by atoms with Gasteiger partial charge < -0.3 is 30.1 Å².